The maximum atomic E-state index is 5.61. The molecule has 0 saturated carbocycles. The van der Waals surface area contributed by atoms with Gasteiger partial charge in [0.15, 0.2) is 10.6 Å². The molecule has 0 N–H and O–H groups in total. The van der Waals surface area contributed by atoms with Crippen molar-refractivity contribution in [3.8, 4) is 10.7 Å². The van der Waals surface area contributed by atoms with Crippen LogP contribution < -0.4 is 0 Å². The Balaban J connectivity index is 1.62. The minimum atomic E-state index is 0.504. The molecule has 1 aliphatic rings. The van der Waals surface area contributed by atoms with Gasteiger partial charge in [0, 0.05) is 24.5 Å². The largest absolute Gasteiger partial charge is 0.302 e. The van der Waals surface area contributed by atoms with Crippen LogP contribution in [0.5, 0.6) is 0 Å². The van der Waals surface area contributed by atoms with Gasteiger partial charge in [-0.3, -0.25) is 4.90 Å². The van der Waals surface area contributed by atoms with E-state index >= 15 is 0 Å². The molecular weight excluding hydrogens is 344 g/mol. The molecule has 1 atom stereocenters. The second-order valence-corrected chi connectivity index (χ2v) is 8.06. The summed E-state index contributed by atoms with van der Waals surface area (Å²) >= 11 is 9.15. The van der Waals surface area contributed by atoms with Crippen molar-refractivity contribution in [3.63, 3.8) is 0 Å². The summed E-state index contributed by atoms with van der Waals surface area (Å²) in [5, 5.41) is 9.01. The van der Waals surface area contributed by atoms with Crippen LogP contribution in [0.3, 0.4) is 0 Å². The second kappa shape index (κ2) is 6.32. The highest BCUT2D eigenvalue weighted by Crippen LogP contribution is 2.34. The molecule has 1 saturated heterocycles. The molecule has 0 bridgehead atoms. The van der Waals surface area contributed by atoms with E-state index in [4.69, 9.17) is 17.3 Å². The van der Waals surface area contributed by atoms with E-state index in [-0.39, 0.29) is 0 Å². The second-order valence-electron chi connectivity index (χ2n) is 5.77. The van der Waals surface area contributed by atoms with Crippen molar-refractivity contribution in [3.05, 3.63) is 44.7 Å². The third-order valence-corrected chi connectivity index (χ3v) is 6.66. The van der Waals surface area contributed by atoms with Crippen LogP contribution in [0.4, 0.5) is 0 Å². The Morgan fingerprint density at radius 1 is 1.26 bits per heavy atom. The van der Waals surface area contributed by atoms with Crippen LogP contribution in [0.25, 0.3) is 10.7 Å². The summed E-state index contributed by atoms with van der Waals surface area (Å²) in [6.07, 6.45) is 2.46. The fraction of sp³-hybridized carbons (Fsp3) is 0.375. The van der Waals surface area contributed by atoms with Gasteiger partial charge in [-0.05, 0) is 48.0 Å². The van der Waals surface area contributed by atoms with E-state index in [1.54, 1.807) is 11.3 Å². The molecule has 4 heterocycles. The zero-order chi connectivity index (χ0) is 15.8. The summed E-state index contributed by atoms with van der Waals surface area (Å²) in [7, 11) is 2.00. The third-order valence-electron chi connectivity index (χ3n) is 4.33. The van der Waals surface area contributed by atoms with Gasteiger partial charge in [-0.1, -0.05) is 12.1 Å². The molecule has 0 aliphatic carbocycles. The van der Waals surface area contributed by atoms with Gasteiger partial charge in [0.2, 0.25) is 0 Å². The molecular formula is C16H18N4S3. The van der Waals surface area contributed by atoms with E-state index in [0.29, 0.717) is 6.04 Å². The van der Waals surface area contributed by atoms with Gasteiger partial charge in [-0.25, -0.2) is 4.68 Å². The van der Waals surface area contributed by atoms with Crippen molar-refractivity contribution in [1.29, 1.82) is 0 Å². The lowest BCUT2D eigenvalue weighted by Crippen LogP contribution is -2.26. The van der Waals surface area contributed by atoms with Crippen LogP contribution in [0.15, 0.2) is 35.0 Å². The van der Waals surface area contributed by atoms with Crippen LogP contribution in [-0.2, 0) is 13.7 Å². The summed E-state index contributed by atoms with van der Waals surface area (Å²) in [5.74, 6) is 0.955. The van der Waals surface area contributed by atoms with E-state index in [1.165, 1.54) is 17.7 Å². The number of rotatable bonds is 4. The smallest absolute Gasteiger partial charge is 0.199 e. The van der Waals surface area contributed by atoms with Gasteiger partial charge >= 0.3 is 0 Å². The minimum absolute atomic E-state index is 0.504. The SMILES string of the molecule is Cn1c(-c2cccs2)nn(CN2CCC[C@H]2c2cccs2)c1=S. The van der Waals surface area contributed by atoms with E-state index in [1.807, 2.05) is 27.6 Å². The molecule has 23 heavy (non-hydrogen) atoms. The zero-order valence-electron chi connectivity index (χ0n) is 12.9. The highest BCUT2D eigenvalue weighted by molar-refractivity contribution is 7.71. The molecule has 120 valence electrons. The van der Waals surface area contributed by atoms with E-state index in [0.717, 1.165) is 28.7 Å². The van der Waals surface area contributed by atoms with Crippen molar-refractivity contribution in [2.45, 2.75) is 25.6 Å². The van der Waals surface area contributed by atoms with Crippen LogP contribution in [0.1, 0.15) is 23.8 Å². The van der Waals surface area contributed by atoms with Gasteiger partial charge < -0.3 is 4.57 Å². The molecule has 4 rings (SSSR count). The molecule has 1 aliphatic heterocycles. The fourth-order valence-electron chi connectivity index (χ4n) is 3.17. The van der Waals surface area contributed by atoms with Gasteiger partial charge in [0.25, 0.3) is 0 Å². The first-order chi connectivity index (χ1) is 11.2. The summed E-state index contributed by atoms with van der Waals surface area (Å²) in [6, 6.07) is 9.02. The lowest BCUT2D eigenvalue weighted by Gasteiger charge is -2.23. The third kappa shape index (κ3) is 2.82. The number of likely N-dealkylation sites (tertiary alicyclic amines) is 1. The van der Waals surface area contributed by atoms with E-state index in [9.17, 15) is 0 Å². The summed E-state index contributed by atoms with van der Waals surface area (Å²) in [5.41, 5.74) is 0. The first kappa shape index (κ1) is 15.3. The molecule has 7 heteroatoms. The standard InChI is InChI=1S/C16H18N4S3/c1-18-15(14-7-4-10-23-14)17-20(16(18)21)11-19-8-2-5-12(19)13-6-3-9-22-13/h3-4,6-7,9-10,12H,2,5,8,11H2,1H3/t12-/m0/s1. The van der Waals surface area contributed by atoms with Crippen molar-refractivity contribution in [1.82, 2.24) is 19.2 Å². The molecule has 0 amide bonds. The molecule has 0 radical (unpaired) electrons. The lowest BCUT2D eigenvalue weighted by molar-refractivity contribution is 0.192. The Hall–Kier alpha value is -1.28. The van der Waals surface area contributed by atoms with Gasteiger partial charge in [0.05, 0.1) is 11.5 Å². The molecule has 3 aromatic heterocycles. The monoisotopic (exact) mass is 362 g/mol. The van der Waals surface area contributed by atoms with Gasteiger partial charge in [0.1, 0.15) is 0 Å². The van der Waals surface area contributed by atoms with Gasteiger partial charge in [-0.15, -0.1) is 27.8 Å². The maximum absolute atomic E-state index is 5.61. The first-order valence-electron chi connectivity index (χ1n) is 7.69. The average molecular weight is 363 g/mol. The molecule has 4 nitrogen and oxygen atoms in total. The Labute approximate surface area is 148 Å². The first-order valence-corrected chi connectivity index (χ1v) is 9.86. The Morgan fingerprint density at radius 3 is 2.83 bits per heavy atom. The van der Waals surface area contributed by atoms with Crippen LogP contribution >= 0.6 is 34.9 Å². The van der Waals surface area contributed by atoms with Crippen molar-refractivity contribution < 1.29 is 0 Å². The molecule has 0 spiro atoms. The molecule has 3 aromatic rings. The quantitative estimate of drug-likeness (QED) is 0.638. The fourth-order valence-corrected chi connectivity index (χ4v) is 5.00. The minimum Gasteiger partial charge on any atom is -0.302 e. The maximum Gasteiger partial charge on any atom is 0.199 e. The van der Waals surface area contributed by atoms with Crippen molar-refractivity contribution in [2.24, 2.45) is 7.05 Å². The number of hydrogen-bond donors (Lipinski definition) is 0. The summed E-state index contributed by atoms with van der Waals surface area (Å²) in [6.45, 7) is 1.87. The summed E-state index contributed by atoms with van der Waals surface area (Å²) < 4.78 is 4.76. The van der Waals surface area contributed by atoms with Crippen molar-refractivity contribution >= 4 is 34.9 Å². The number of nitrogens with zero attached hydrogens (tertiary/aromatic N) is 4. The number of thiophene rings is 2. The number of aromatic nitrogens is 3. The number of hydrogen-bond acceptors (Lipinski definition) is 5. The highest BCUT2D eigenvalue weighted by atomic mass is 32.1. The Kier molecular flexibility index (Phi) is 4.19. The van der Waals surface area contributed by atoms with E-state index in [2.05, 4.69) is 39.9 Å². The highest BCUT2D eigenvalue weighted by Gasteiger charge is 2.27. The van der Waals surface area contributed by atoms with Gasteiger partial charge in [-0.2, -0.15) is 0 Å². The lowest BCUT2D eigenvalue weighted by atomic mass is 10.2. The molecule has 0 unspecified atom stereocenters. The Bertz CT molecular complexity index is 829. The topological polar surface area (TPSA) is 26.0 Å². The summed E-state index contributed by atoms with van der Waals surface area (Å²) in [4.78, 5) is 5.10. The van der Waals surface area contributed by atoms with Crippen molar-refractivity contribution in [2.75, 3.05) is 6.54 Å². The van der Waals surface area contributed by atoms with Crippen LogP contribution in [0.2, 0.25) is 0 Å². The van der Waals surface area contributed by atoms with Crippen LogP contribution in [0, 0.1) is 4.77 Å². The van der Waals surface area contributed by atoms with Crippen LogP contribution in [-0.4, -0.2) is 25.8 Å². The predicted octanol–water partition coefficient (Wildman–Crippen LogP) is 4.54. The van der Waals surface area contributed by atoms with E-state index < -0.39 is 0 Å². The Morgan fingerprint density at radius 2 is 2.09 bits per heavy atom. The average Bonchev–Trinajstić information content (AvgIpc) is 3.32. The normalized spacial score (nSPS) is 18.7. The molecule has 0 aromatic carbocycles. The predicted molar refractivity (Wildman–Crippen MR) is 98.3 cm³/mol. The zero-order valence-corrected chi connectivity index (χ0v) is 15.3. The molecule has 1 fully saturated rings.